The molecule has 0 spiro atoms. The number of hydrogen-bond donors (Lipinski definition) is 3. The first-order valence-corrected chi connectivity index (χ1v) is 7.55. The SMILES string of the molecule is CC(C)(C)CCNC(=O)NC1(C(=O)O)CCCCCC1. The standard InChI is InChI=1S/C15H28N2O3/c1-14(2,3)10-11-16-13(20)17-15(12(18)19)8-6-4-5-7-9-15/h4-11H2,1-3H3,(H,18,19)(H2,16,17,20). The summed E-state index contributed by atoms with van der Waals surface area (Å²) in [5.74, 6) is -0.912. The molecule has 1 fully saturated rings. The Kier molecular flexibility index (Phi) is 5.84. The van der Waals surface area contributed by atoms with E-state index in [1.54, 1.807) is 0 Å². The fourth-order valence-electron chi connectivity index (χ4n) is 2.54. The topological polar surface area (TPSA) is 78.4 Å². The van der Waals surface area contributed by atoms with Gasteiger partial charge in [0, 0.05) is 6.54 Å². The molecule has 0 aromatic carbocycles. The number of carboxylic acids is 1. The van der Waals surface area contributed by atoms with Crippen molar-refractivity contribution in [1.82, 2.24) is 10.6 Å². The molecule has 1 saturated carbocycles. The van der Waals surface area contributed by atoms with E-state index in [-0.39, 0.29) is 11.4 Å². The van der Waals surface area contributed by atoms with Crippen molar-refractivity contribution in [3.8, 4) is 0 Å². The molecule has 1 aliphatic carbocycles. The fourth-order valence-corrected chi connectivity index (χ4v) is 2.54. The summed E-state index contributed by atoms with van der Waals surface area (Å²) >= 11 is 0. The van der Waals surface area contributed by atoms with E-state index >= 15 is 0 Å². The molecule has 0 unspecified atom stereocenters. The Bertz CT molecular complexity index is 340. The van der Waals surface area contributed by atoms with Crippen LogP contribution in [0.1, 0.15) is 65.7 Å². The first-order valence-electron chi connectivity index (χ1n) is 7.55. The van der Waals surface area contributed by atoms with E-state index < -0.39 is 11.5 Å². The highest BCUT2D eigenvalue weighted by Crippen LogP contribution is 2.27. The van der Waals surface area contributed by atoms with Crippen molar-refractivity contribution in [3.63, 3.8) is 0 Å². The van der Waals surface area contributed by atoms with E-state index in [9.17, 15) is 14.7 Å². The molecule has 0 heterocycles. The second-order valence-corrected chi connectivity index (χ2v) is 6.99. The van der Waals surface area contributed by atoms with E-state index in [2.05, 4.69) is 31.4 Å². The zero-order chi connectivity index (χ0) is 15.2. The number of rotatable bonds is 4. The van der Waals surface area contributed by atoms with E-state index in [0.717, 1.165) is 32.1 Å². The minimum absolute atomic E-state index is 0.153. The average molecular weight is 284 g/mol. The van der Waals surface area contributed by atoms with Crippen LogP contribution < -0.4 is 10.6 Å². The molecular formula is C15H28N2O3. The van der Waals surface area contributed by atoms with Crippen LogP contribution in [0, 0.1) is 5.41 Å². The Hall–Kier alpha value is -1.26. The molecule has 0 bridgehead atoms. The van der Waals surface area contributed by atoms with Gasteiger partial charge in [-0.25, -0.2) is 9.59 Å². The van der Waals surface area contributed by atoms with E-state index in [4.69, 9.17) is 0 Å². The summed E-state index contributed by atoms with van der Waals surface area (Å²) in [5.41, 5.74) is -0.928. The molecular weight excluding hydrogens is 256 g/mol. The summed E-state index contributed by atoms with van der Waals surface area (Å²) in [6.07, 6.45) is 5.71. The molecule has 5 heteroatoms. The summed E-state index contributed by atoms with van der Waals surface area (Å²) in [6.45, 7) is 6.88. The third-order valence-electron chi connectivity index (χ3n) is 3.88. The van der Waals surface area contributed by atoms with E-state index in [1.807, 2.05) is 0 Å². The number of nitrogens with one attached hydrogen (secondary N) is 2. The third kappa shape index (κ3) is 5.39. The van der Waals surface area contributed by atoms with Gasteiger partial charge in [-0.15, -0.1) is 0 Å². The fraction of sp³-hybridized carbons (Fsp3) is 0.867. The van der Waals surface area contributed by atoms with E-state index in [0.29, 0.717) is 19.4 Å². The number of carboxylic acid groups (broad SMARTS) is 1. The second kappa shape index (κ2) is 6.95. The molecule has 0 aliphatic heterocycles. The van der Waals surface area contributed by atoms with Gasteiger partial charge in [0.2, 0.25) is 0 Å². The Labute approximate surface area is 121 Å². The monoisotopic (exact) mass is 284 g/mol. The Morgan fingerprint density at radius 1 is 1.10 bits per heavy atom. The van der Waals surface area contributed by atoms with Gasteiger partial charge in [-0.3, -0.25) is 0 Å². The van der Waals surface area contributed by atoms with E-state index in [1.165, 1.54) is 0 Å². The van der Waals surface area contributed by atoms with Crippen LogP contribution in [0.2, 0.25) is 0 Å². The molecule has 5 nitrogen and oxygen atoms in total. The highest BCUT2D eigenvalue weighted by molar-refractivity contribution is 5.86. The van der Waals surface area contributed by atoms with Crippen LogP contribution in [0.15, 0.2) is 0 Å². The number of aliphatic carboxylic acids is 1. The number of carbonyl (C=O) groups is 2. The van der Waals surface area contributed by atoms with Crippen molar-refractivity contribution in [1.29, 1.82) is 0 Å². The zero-order valence-electron chi connectivity index (χ0n) is 12.9. The molecule has 1 aliphatic rings. The Morgan fingerprint density at radius 3 is 2.10 bits per heavy atom. The summed E-state index contributed by atoms with van der Waals surface area (Å²) in [4.78, 5) is 23.5. The van der Waals surface area contributed by atoms with Gasteiger partial charge in [0.1, 0.15) is 5.54 Å². The molecule has 0 aromatic heterocycles. The molecule has 0 aromatic rings. The zero-order valence-corrected chi connectivity index (χ0v) is 12.9. The summed E-state index contributed by atoms with van der Waals surface area (Å²) in [7, 11) is 0. The molecule has 0 saturated heterocycles. The lowest BCUT2D eigenvalue weighted by molar-refractivity contribution is -0.145. The predicted molar refractivity (Wildman–Crippen MR) is 78.7 cm³/mol. The highest BCUT2D eigenvalue weighted by Gasteiger charge is 2.40. The lowest BCUT2D eigenvalue weighted by atomic mass is 9.90. The summed E-state index contributed by atoms with van der Waals surface area (Å²) in [6, 6.07) is -0.362. The molecule has 20 heavy (non-hydrogen) atoms. The van der Waals surface area contributed by atoms with Crippen molar-refractivity contribution >= 4 is 12.0 Å². The maximum atomic E-state index is 11.9. The van der Waals surface area contributed by atoms with Crippen molar-refractivity contribution in [2.24, 2.45) is 5.41 Å². The smallest absolute Gasteiger partial charge is 0.329 e. The second-order valence-electron chi connectivity index (χ2n) is 6.99. The van der Waals surface area contributed by atoms with Crippen LogP contribution in [0.5, 0.6) is 0 Å². The predicted octanol–water partition coefficient (Wildman–Crippen LogP) is 2.90. The first-order chi connectivity index (χ1) is 9.25. The minimum atomic E-state index is -1.08. The maximum Gasteiger partial charge on any atom is 0.329 e. The average Bonchev–Trinajstić information content (AvgIpc) is 2.53. The summed E-state index contributed by atoms with van der Waals surface area (Å²) < 4.78 is 0. The Balaban J connectivity index is 2.53. The third-order valence-corrected chi connectivity index (χ3v) is 3.88. The van der Waals surface area contributed by atoms with Gasteiger partial charge in [0.25, 0.3) is 0 Å². The molecule has 0 atom stereocenters. The van der Waals surface area contributed by atoms with Crippen molar-refractivity contribution in [2.75, 3.05) is 6.54 Å². The quantitative estimate of drug-likeness (QED) is 0.695. The molecule has 1 rings (SSSR count). The van der Waals surface area contributed by atoms with Crippen LogP contribution in [-0.4, -0.2) is 29.2 Å². The van der Waals surface area contributed by atoms with Gasteiger partial charge in [-0.05, 0) is 24.7 Å². The van der Waals surface area contributed by atoms with Crippen LogP contribution in [0.4, 0.5) is 4.79 Å². The number of amides is 2. The number of hydrogen-bond acceptors (Lipinski definition) is 2. The van der Waals surface area contributed by atoms with Crippen molar-refractivity contribution in [2.45, 2.75) is 71.3 Å². The van der Waals surface area contributed by atoms with Crippen molar-refractivity contribution < 1.29 is 14.7 Å². The minimum Gasteiger partial charge on any atom is -0.480 e. The summed E-state index contributed by atoms with van der Waals surface area (Å²) in [5, 5.41) is 15.0. The van der Waals surface area contributed by atoms with Crippen LogP contribution in [0.25, 0.3) is 0 Å². The number of carbonyl (C=O) groups excluding carboxylic acids is 1. The molecule has 2 amide bonds. The van der Waals surface area contributed by atoms with Crippen LogP contribution >= 0.6 is 0 Å². The number of urea groups is 1. The van der Waals surface area contributed by atoms with Crippen molar-refractivity contribution in [3.05, 3.63) is 0 Å². The van der Waals surface area contributed by atoms with Gasteiger partial charge in [0.05, 0.1) is 0 Å². The lowest BCUT2D eigenvalue weighted by Gasteiger charge is -2.29. The Morgan fingerprint density at radius 2 is 1.65 bits per heavy atom. The van der Waals surface area contributed by atoms with Gasteiger partial charge >= 0.3 is 12.0 Å². The first kappa shape index (κ1) is 16.8. The lowest BCUT2D eigenvalue weighted by Crippen LogP contribution is -2.57. The van der Waals surface area contributed by atoms with Gasteiger partial charge < -0.3 is 15.7 Å². The van der Waals surface area contributed by atoms with Gasteiger partial charge in [0.15, 0.2) is 0 Å². The largest absolute Gasteiger partial charge is 0.480 e. The molecule has 116 valence electrons. The maximum absolute atomic E-state index is 11.9. The van der Waals surface area contributed by atoms with Gasteiger partial charge in [-0.2, -0.15) is 0 Å². The van der Waals surface area contributed by atoms with Crippen LogP contribution in [0.3, 0.4) is 0 Å². The highest BCUT2D eigenvalue weighted by atomic mass is 16.4. The van der Waals surface area contributed by atoms with Crippen LogP contribution in [-0.2, 0) is 4.79 Å². The molecule has 3 N–H and O–H groups in total. The van der Waals surface area contributed by atoms with Gasteiger partial charge in [-0.1, -0.05) is 46.5 Å². The normalized spacial score (nSPS) is 18.9. The molecule has 0 radical (unpaired) electrons.